The van der Waals surface area contributed by atoms with Crippen LogP contribution in [-0.2, 0) is 0 Å². The molecule has 0 saturated carbocycles. The number of aromatic nitrogens is 4. The number of fused-ring (bicyclic) bond motifs is 1. The van der Waals surface area contributed by atoms with Gasteiger partial charge in [0.15, 0.2) is 11.6 Å². The Kier molecular flexibility index (Phi) is 4.19. The summed E-state index contributed by atoms with van der Waals surface area (Å²) in [5.41, 5.74) is 7.32. The molecule has 2 heterocycles. The Morgan fingerprint density at radius 1 is 0.667 bits per heavy atom. The van der Waals surface area contributed by atoms with Gasteiger partial charge >= 0.3 is 0 Å². The molecule has 0 radical (unpaired) electrons. The summed E-state index contributed by atoms with van der Waals surface area (Å²) in [7, 11) is 0. The predicted molar refractivity (Wildman–Crippen MR) is 106 cm³/mol. The van der Waals surface area contributed by atoms with Crippen LogP contribution in [0.15, 0.2) is 41.0 Å². The molecule has 7 nitrogen and oxygen atoms in total. The molecule has 0 atom stereocenters. The highest BCUT2D eigenvalue weighted by atomic mass is 16.6. The number of rotatable bonds is 4. The van der Waals surface area contributed by atoms with Crippen LogP contribution in [-0.4, -0.2) is 20.3 Å². The largest absolute Gasteiger partial charge is 0.337 e. The lowest BCUT2D eigenvalue weighted by Crippen LogP contribution is -2.05. The molecule has 2 aromatic heterocycles. The minimum absolute atomic E-state index is 0.356. The number of anilines is 4. The highest BCUT2D eigenvalue weighted by Crippen LogP contribution is 2.30. The van der Waals surface area contributed by atoms with Gasteiger partial charge < -0.3 is 10.6 Å². The molecule has 2 aromatic carbocycles. The normalized spacial score (nSPS) is 11.0. The van der Waals surface area contributed by atoms with E-state index < -0.39 is 0 Å². The smallest absolute Gasteiger partial charge is 0.245 e. The van der Waals surface area contributed by atoms with Crippen LogP contribution in [0.3, 0.4) is 0 Å². The Bertz CT molecular complexity index is 1050. The molecule has 0 bridgehead atoms. The van der Waals surface area contributed by atoms with Crippen molar-refractivity contribution < 1.29 is 4.63 Å². The monoisotopic (exact) mass is 360 g/mol. The summed E-state index contributed by atoms with van der Waals surface area (Å²) in [6.07, 6.45) is 0. The highest BCUT2D eigenvalue weighted by Gasteiger charge is 2.15. The minimum Gasteiger partial charge on any atom is -0.337 e. The van der Waals surface area contributed by atoms with Gasteiger partial charge in [-0.2, -0.15) is 0 Å². The van der Waals surface area contributed by atoms with Crippen LogP contribution in [0.4, 0.5) is 23.0 Å². The molecule has 4 aromatic rings. The third kappa shape index (κ3) is 3.19. The van der Waals surface area contributed by atoms with Crippen molar-refractivity contribution in [1.82, 2.24) is 20.3 Å². The fourth-order valence-corrected chi connectivity index (χ4v) is 2.84. The van der Waals surface area contributed by atoms with Crippen molar-refractivity contribution in [3.05, 3.63) is 58.7 Å². The van der Waals surface area contributed by atoms with E-state index in [4.69, 9.17) is 4.63 Å². The van der Waals surface area contributed by atoms with Crippen molar-refractivity contribution in [2.75, 3.05) is 10.6 Å². The van der Waals surface area contributed by atoms with E-state index in [9.17, 15) is 0 Å². The first-order chi connectivity index (χ1) is 13.0. The second-order valence-corrected chi connectivity index (χ2v) is 6.58. The van der Waals surface area contributed by atoms with E-state index in [-0.39, 0.29) is 0 Å². The molecular weight excluding hydrogens is 340 g/mol. The first kappa shape index (κ1) is 17.0. The summed E-state index contributed by atoms with van der Waals surface area (Å²) in [5.74, 6) is 1.13. The SMILES string of the molecule is Cc1cccc(Nc2nc3nonc3nc2Nc2cccc(C)c2C)c1C. The van der Waals surface area contributed by atoms with Crippen molar-refractivity contribution in [2.24, 2.45) is 0 Å². The van der Waals surface area contributed by atoms with Crippen LogP contribution in [0.1, 0.15) is 22.3 Å². The second kappa shape index (κ2) is 6.68. The van der Waals surface area contributed by atoms with Crippen molar-refractivity contribution >= 4 is 34.3 Å². The van der Waals surface area contributed by atoms with Gasteiger partial charge in [0, 0.05) is 11.4 Å². The summed E-state index contributed by atoms with van der Waals surface area (Å²) in [6.45, 7) is 8.29. The summed E-state index contributed by atoms with van der Waals surface area (Å²) in [4.78, 5) is 9.09. The van der Waals surface area contributed by atoms with Crippen molar-refractivity contribution in [3.63, 3.8) is 0 Å². The van der Waals surface area contributed by atoms with E-state index in [0.717, 1.165) is 22.5 Å². The second-order valence-electron chi connectivity index (χ2n) is 6.58. The topological polar surface area (TPSA) is 88.8 Å². The fraction of sp³-hybridized carbons (Fsp3) is 0.200. The van der Waals surface area contributed by atoms with E-state index in [1.807, 2.05) is 24.3 Å². The van der Waals surface area contributed by atoms with Gasteiger partial charge in [0.25, 0.3) is 0 Å². The molecule has 0 aliphatic carbocycles. The van der Waals surface area contributed by atoms with Crippen LogP contribution >= 0.6 is 0 Å². The lowest BCUT2D eigenvalue weighted by Gasteiger charge is -2.15. The van der Waals surface area contributed by atoms with E-state index in [1.165, 1.54) is 11.1 Å². The van der Waals surface area contributed by atoms with E-state index in [1.54, 1.807) is 0 Å². The molecule has 0 amide bonds. The third-order valence-corrected chi connectivity index (χ3v) is 4.83. The lowest BCUT2D eigenvalue weighted by molar-refractivity contribution is 0.314. The molecule has 0 unspecified atom stereocenters. The minimum atomic E-state index is 0.356. The molecule has 0 spiro atoms. The molecule has 0 aliphatic heterocycles. The highest BCUT2D eigenvalue weighted by molar-refractivity contribution is 5.80. The fourth-order valence-electron chi connectivity index (χ4n) is 2.84. The Hall–Kier alpha value is -3.48. The van der Waals surface area contributed by atoms with E-state index in [0.29, 0.717) is 22.9 Å². The van der Waals surface area contributed by atoms with Gasteiger partial charge in [0.1, 0.15) is 0 Å². The standard InChI is InChI=1S/C20H20N6O/c1-11-7-5-9-15(13(11)3)21-17-18(24-20-19(23-17)25-27-26-20)22-16-10-6-8-12(2)14(16)4/h5-10H,1-4H3,(H,21,23,25)(H,22,24,26). The van der Waals surface area contributed by atoms with Crippen LogP contribution in [0.5, 0.6) is 0 Å². The molecular formula is C20H20N6O. The molecule has 0 fully saturated rings. The Morgan fingerprint density at radius 2 is 1.11 bits per heavy atom. The Balaban J connectivity index is 1.80. The zero-order chi connectivity index (χ0) is 19.0. The maximum absolute atomic E-state index is 4.78. The third-order valence-electron chi connectivity index (χ3n) is 4.83. The van der Waals surface area contributed by atoms with Crippen LogP contribution in [0.25, 0.3) is 11.3 Å². The average Bonchev–Trinajstić information content (AvgIpc) is 3.10. The molecule has 136 valence electrons. The average molecular weight is 360 g/mol. The first-order valence-corrected chi connectivity index (χ1v) is 8.69. The molecule has 27 heavy (non-hydrogen) atoms. The first-order valence-electron chi connectivity index (χ1n) is 8.69. The van der Waals surface area contributed by atoms with Gasteiger partial charge in [-0.25, -0.2) is 14.6 Å². The summed E-state index contributed by atoms with van der Waals surface area (Å²) < 4.78 is 4.78. The molecule has 7 heteroatoms. The van der Waals surface area contributed by atoms with Gasteiger partial charge in [-0.05, 0) is 72.4 Å². The number of nitrogens with zero attached hydrogens (tertiary/aromatic N) is 4. The number of hydrogen-bond donors (Lipinski definition) is 2. The maximum Gasteiger partial charge on any atom is 0.245 e. The Morgan fingerprint density at radius 3 is 1.56 bits per heavy atom. The quantitative estimate of drug-likeness (QED) is 0.543. The van der Waals surface area contributed by atoms with Crippen LogP contribution in [0, 0.1) is 27.7 Å². The maximum atomic E-state index is 4.78. The van der Waals surface area contributed by atoms with Gasteiger partial charge in [-0.15, -0.1) is 0 Å². The summed E-state index contributed by atoms with van der Waals surface area (Å²) >= 11 is 0. The van der Waals surface area contributed by atoms with E-state index >= 15 is 0 Å². The van der Waals surface area contributed by atoms with Gasteiger partial charge in [0.2, 0.25) is 11.3 Å². The van der Waals surface area contributed by atoms with Crippen molar-refractivity contribution in [1.29, 1.82) is 0 Å². The summed E-state index contributed by atoms with van der Waals surface area (Å²) in [5, 5.41) is 14.4. The zero-order valence-electron chi connectivity index (χ0n) is 15.7. The van der Waals surface area contributed by atoms with Crippen LogP contribution in [0.2, 0.25) is 0 Å². The van der Waals surface area contributed by atoms with E-state index in [2.05, 4.69) is 70.7 Å². The number of aryl methyl sites for hydroxylation is 2. The van der Waals surface area contributed by atoms with Crippen LogP contribution < -0.4 is 10.6 Å². The molecule has 4 rings (SSSR count). The zero-order valence-corrected chi connectivity index (χ0v) is 15.7. The number of benzene rings is 2. The van der Waals surface area contributed by atoms with Crippen molar-refractivity contribution in [2.45, 2.75) is 27.7 Å². The van der Waals surface area contributed by atoms with Crippen molar-refractivity contribution in [3.8, 4) is 0 Å². The number of hydrogen-bond acceptors (Lipinski definition) is 7. The Labute approximate surface area is 156 Å². The number of nitrogens with one attached hydrogen (secondary N) is 2. The summed E-state index contributed by atoms with van der Waals surface area (Å²) in [6, 6.07) is 12.2. The molecule has 0 aliphatic rings. The molecule has 2 N–H and O–H groups in total. The predicted octanol–water partition coefficient (Wildman–Crippen LogP) is 4.73. The van der Waals surface area contributed by atoms with Gasteiger partial charge in [0.05, 0.1) is 0 Å². The molecule has 0 saturated heterocycles. The lowest BCUT2D eigenvalue weighted by atomic mass is 10.1. The van der Waals surface area contributed by atoms with Gasteiger partial charge in [-0.3, -0.25) is 0 Å². The van der Waals surface area contributed by atoms with Gasteiger partial charge in [-0.1, -0.05) is 24.3 Å².